The third kappa shape index (κ3) is 5.47. The molecule has 7 nitrogen and oxygen atoms in total. The number of halogens is 1. The predicted octanol–water partition coefficient (Wildman–Crippen LogP) is 4.03. The summed E-state index contributed by atoms with van der Waals surface area (Å²) in [4.78, 5) is 9.23. The van der Waals surface area contributed by atoms with E-state index < -0.39 is 16.1 Å². The summed E-state index contributed by atoms with van der Waals surface area (Å²) in [7, 11) is -3.20. The third-order valence-corrected chi connectivity index (χ3v) is 9.92. The second-order valence-electron chi connectivity index (χ2n) is 9.66. The van der Waals surface area contributed by atoms with Crippen molar-refractivity contribution in [3.8, 4) is 0 Å². The number of hydrogen-bond donors (Lipinski definition) is 1. The average Bonchev–Trinajstić information content (AvgIpc) is 3.24. The molecule has 36 heavy (non-hydrogen) atoms. The van der Waals surface area contributed by atoms with Crippen LogP contribution >= 0.6 is 11.6 Å². The number of aromatic nitrogens is 3. The fourth-order valence-electron chi connectivity index (χ4n) is 5.49. The van der Waals surface area contributed by atoms with Gasteiger partial charge in [-0.05, 0) is 0 Å². The van der Waals surface area contributed by atoms with Crippen LogP contribution < -0.4 is 0 Å². The van der Waals surface area contributed by atoms with Crippen LogP contribution in [0, 0.1) is 5.92 Å². The number of pyridine rings is 1. The van der Waals surface area contributed by atoms with Crippen molar-refractivity contribution in [3.05, 3.63) is 82.2 Å². The molecule has 0 saturated carbocycles. The van der Waals surface area contributed by atoms with Gasteiger partial charge < -0.3 is 0 Å². The van der Waals surface area contributed by atoms with Crippen molar-refractivity contribution in [1.29, 1.82) is 0 Å². The minimum atomic E-state index is -3.20. The van der Waals surface area contributed by atoms with E-state index >= 15 is 0 Å². The summed E-state index contributed by atoms with van der Waals surface area (Å²) in [6.45, 7) is 1.04. The van der Waals surface area contributed by atoms with Crippen LogP contribution in [-0.2, 0) is 10.0 Å². The van der Waals surface area contributed by atoms with Crippen molar-refractivity contribution in [2.75, 3.05) is 19.3 Å². The molecule has 3 heterocycles. The van der Waals surface area contributed by atoms with Crippen molar-refractivity contribution < 1.29 is 13.5 Å². The number of nitrogens with zero attached hydrogens (tertiary/aromatic N) is 4. The van der Waals surface area contributed by atoms with Crippen LogP contribution in [0.15, 0.2) is 49.1 Å². The molecule has 1 N–H and O–H groups in total. The second kappa shape index (κ2) is 10.6. The Morgan fingerprint density at radius 1 is 1.22 bits per heavy atom. The van der Waals surface area contributed by atoms with Gasteiger partial charge in [0.15, 0.2) is 0 Å². The Morgan fingerprint density at radius 3 is 2.69 bits per heavy atom. The van der Waals surface area contributed by atoms with E-state index in [0.717, 1.165) is 35.2 Å². The zero-order valence-electron chi connectivity index (χ0n) is 20.1. The van der Waals surface area contributed by atoms with Crippen molar-refractivity contribution in [2.24, 2.45) is 5.92 Å². The molecule has 1 fully saturated rings. The number of allylic oxidation sites excluding steroid dienone is 1. The fourth-order valence-corrected chi connectivity index (χ4v) is 7.40. The molecule has 1 aliphatic heterocycles. The van der Waals surface area contributed by atoms with Crippen molar-refractivity contribution in [3.63, 3.8) is 0 Å². The van der Waals surface area contributed by atoms with Gasteiger partial charge in [0, 0.05) is 13.1 Å². The number of fused-ring (bicyclic) bond motifs is 2. The second-order valence-corrected chi connectivity index (χ2v) is 14.4. The number of piperidine rings is 1. The van der Waals surface area contributed by atoms with Gasteiger partial charge in [0.25, 0.3) is 0 Å². The zero-order chi connectivity index (χ0) is 25.4. The Labute approximate surface area is 233 Å². The number of rotatable bonds is 6. The Morgan fingerprint density at radius 2 is 2.00 bits per heavy atom. The van der Waals surface area contributed by atoms with Crippen LogP contribution in [0.25, 0.3) is 11.6 Å². The number of hydrogen-bond acceptors (Lipinski definition) is 5. The molecule has 3 aromatic rings. The van der Waals surface area contributed by atoms with Gasteiger partial charge >= 0.3 is 193 Å². The van der Waals surface area contributed by atoms with Crippen LogP contribution in [-0.4, -0.2) is 75.6 Å². The Hall–Kier alpha value is -1.60. The molecular formula is C26H28ClN4O3STl. The minimum absolute atomic E-state index is 0.0376. The molecule has 0 amide bonds. The van der Waals surface area contributed by atoms with E-state index in [2.05, 4.69) is 23.2 Å². The molecule has 2 atom stereocenters. The van der Waals surface area contributed by atoms with Crippen molar-refractivity contribution >= 4 is 59.3 Å². The first kappa shape index (κ1) is 26.0. The number of sulfonamides is 1. The predicted molar refractivity (Wildman–Crippen MR) is 142 cm³/mol. The molecule has 2 aliphatic rings. The summed E-state index contributed by atoms with van der Waals surface area (Å²) in [5, 5.41) is 11.5. The van der Waals surface area contributed by atoms with E-state index in [-0.39, 0.29) is 11.8 Å². The molecule has 0 spiro atoms. The summed E-state index contributed by atoms with van der Waals surface area (Å²) in [5.74, 6) is 0.295. The first-order chi connectivity index (χ1) is 17.2. The summed E-state index contributed by atoms with van der Waals surface area (Å²) >= 11 is 7.06. The normalized spacial score (nSPS) is 19.7. The third-order valence-electron chi connectivity index (χ3n) is 7.28. The molecule has 2 aromatic heterocycles. The summed E-state index contributed by atoms with van der Waals surface area (Å²) in [6.07, 6.45) is 11.1. The molecule has 5 rings (SSSR count). The summed E-state index contributed by atoms with van der Waals surface area (Å²) < 4.78 is 27.8. The summed E-state index contributed by atoms with van der Waals surface area (Å²) in [5.41, 5.74) is 6.15. The fraction of sp³-hybridized carbons (Fsp3) is 0.385. The van der Waals surface area contributed by atoms with E-state index in [4.69, 9.17) is 16.6 Å². The minimum Gasteiger partial charge on any atom is 0.0137 e. The molecule has 1 aromatic carbocycles. The van der Waals surface area contributed by atoms with E-state index in [1.807, 2.05) is 33.0 Å². The topological polar surface area (TPSA) is 88.3 Å². The molecule has 10 heteroatoms. The first-order valence-corrected chi connectivity index (χ1v) is 16.3. The smallest absolute Gasteiger partial charge is 0.0137 e. The Bertz CT molecular complexity index is 1400. The van der Waals surface area contributed by atoms with Gasteiger partial charge in [-0.3, -0.25) is 0 Å². The summed E-state index contributed by atoms with van der Waals surface area (Å²) in [6, 6.07) is 10.1. The van der Waals surface area contributed by atoms with Gasteiger partial charge in [0.05, 0.1) is 6.26 Å². The van der Waals surface area contributed by atoms with Crippen LogP contribution in [0.4, 0.5) is 0 Å². The van der Waals surface area contributed by atoms with E-state index in [0.29, 0.717) is 62.7 Å². The quantitative estimate of drug-likeness (QED) is 0.390. The number of benzene rings is 1. The molecule has 2 unspecified atom stereocenters. The standard InChI is InChI=1S/C26H28ClN4O3S.Tl/c1-35(33,34)31-11-8-17(9-12-31)25-21-6-5-20(27)14-19(21)13-18(22-3-2-10-29-26(22)25)4-7-24(32)23-15-28-16-30-23;/h2-3,5-6,10,13-17,24-25,32H,4,7-9,11-12H2,1H3;/q-1;+1. The van der Waals surface area contributed by atoms with Gasteiger partial charge in [0.1, 0.15) is 0 Å². The molecule has 0 radical (unpaired) electrons. The number of imidazole rings is 1. The van der Waals surface area contributed by atoms with Gasteiger partial charge in [-0.25, -0.2) is 12.7 Å². The molecule has 1 aliphatic carbocycles. The Balaban J connectivity index is 1.50. The van der Waals surface area contributed by atoms with Crippen LogP contribution in [0.2, 0.25) is 5.02 Å². The monoisotopic (exact) mass is 716 g/mol. The van der Waals surface area contributed by atoms with Crippen molar-refractivity contribution in [2.45, 2.75) is 37.7 Å². The van der Waals surface area contributed by atoms with Gasteiger partial charge in [-0.1, -0.05) is 0 Å². The average molecular weight is 716 g/mol. The maximum absolute atomic E-state index is 12.1. The SMILES string of the molecule is CS(=O)(=O)N1CCC(C2c3ccc(Cl)cc3C=C(CCC(O)c3c[n]([Tl])cn3)c3cccnc32)CC1. The molecule has 186 valence electrons. The maximum atomic E-state index is 12.1. The van der Waals surface area contributed by atoms with Crippen LogP contribution in [0.1, 0.15) is 65.8 Å². The van der Waals surface area contributed by atoms with Gasteiger partial charge in [-0.2, -0.15) is 0 Å². The Kier molecular flexibility index (Phi) is 7.69. The van der Waals surface area contributed by atoms with E-state index in [1.165, 1.54) is 11.8 Å². The molecule has 1 saturated heterocycles. The van der Waals surface area contributed by atoms with E-state index in [1.54, 1.807) is 10.6 Å². The van der Waals surface area contributed by atoms with Gasteiger partial charge in [0.2, 0.25) is 10.0 Å². The van der Waals surface area contributed by atoms with Crippen LogP contribution in [0.5, 0.6) is 0 Å². The first-order valence-electron chi connectivity index (χ1n) is 12.1. The van der Waals surface area contributed by atoms with Crippen molar-refractivity contribution in [1.82, 2.24) is 16.6 Å². The number of aliphatic hydroxyl groups is 1. The van der Waals surface area contributed by atoms with E-state index in [9.17, 15) is 13.5 Å². The zero-order valence-corrected chi connectivity index (χ0v) is 26.1. The van der Waals surface area contributed by atoms with Gasteiger partial charge in [-0.15, -0.1) is 0 Å². The number of aliphatic hydroxyl groups excluding tert-OH is 1. The molecule has 0 bridgehead atoms. The molecular weight excluding hydrogens is 688 g/mol. The van der Waals surface area contributed by atoms with Crippen LogP contribution in [0.3, 0.4) is 0 Å².